The van der Waals surface area contributed by atoms with Crippen molar-refractivity contribution in [2.75, 3.05) is 19.8 Å². The van der Waals surface area contributed by atoms with Crippen molar-refractivity contribution in [2.45, 2.75) is 351 Å². The van der Waals surface area contributed by atoms with E-state index in [0.29, 0.717) is 12.8 Å². The largest absolute Gasteiger partial charge is 0.394 e. The van der Waals surface area contributed by atoms with Crippen LogP contribution >= 0.6 is 0 Å². The molecule has 0 aromatic heterocycles. The number of ether oxygens (including phenoxy) is 4. The molecule has 14 heteroatoms. The maximum Gasteiger partial charge on any atom is 0.220 e. The minimum atomic E-state index is -1.79. The van der Waals surface area contributed by atoms with Gasteiger partial charge in [0, 0.05) is 6.42 Å². The van der Waals surface area contributed by atoms with Gasteiger partial charge in [-0.05, 0) is 32.1 Å². The fourth-order valence-electron chi connectivity index (χ4n) is 10.7. The summed E-state index contributed by atoms with van der Waals surface area (Å²) >= 11 is 0. The second kappa shape index (κ2) is 49.1. The molecule has 2 aliphatic heterocycles. The molecule has 2 rings (SSSR count). The van der Waals surface area contributed by atoms with Gasteiger partial charge in [-0.15, -0.1) is 0 Å². The molecule has 9 N–H and O–H groups in total. The van der Waals surface area contributed by atoms with E-state index in [9.17, 15) is 45.6 Å². The number of allylic oxidation sites excluding steroid dienone is 3. The molecular weight excluding hydrogens is 979 g/mol. The van der Waals surface area contributed by atoms with Crippen molar-refractivity contribution in [2.24, 2.45) is 0 Å². The Bertz CT molecular complexity index is 1390. The van der Waals surface area contributed by atoms with E-state index in [1.165, 1.54) is 212 Å². The van der Waals surface area contributed by atoms with E-state index in [0.717, 1.165) is 32.1 Å². The minimum Gasteiger partial charge on any atom is -0.394 e. The molecule has 0 radical (unpaired) electrons. The summed E-state index contributed by atoms with van der Waals surface area (Å²) < 4.78 is 22.8. The van der Waals surface area contributed by atoms with Crippen LogP contribution in [-0.4, -0.2) is 140 Å². The SMILES string of the molecule is CCCCCCCCCCCCCCCCCCCCCCCC/C=C/CC/C=C/C(O)C(COC1OC(CO)C(OC2OC(CO)C(O)C(O)C2O)C(O)C1O)NC(=O)CCCCCCCCCCCCCCCCC. The Morgan fingerprint density at radius 1 is 0.455 bits per heavy atom. The van der Waals surface area contributed by atoms with Gasteiger partial charge in [0.15, 0.2) is 12.6 Å². The number of carbonyl (C=O) groups is 1. The molecule has 12 unspecified atom stereocenters. The fourth-order valence-corrected chi connectivity index (χ4v) is 10.7. The molecule has 0 aromatic carbocycles. The minimum absolute atomic E-state index is 0.245. The van der Waals surface area contributed by atoms with Gasteiger partial charge >= 0.3 is 0 Å². The third kappa shape index (κ3) is 34.5. The van der Waals surface area contributed by atoms with E-state index in [1.807, 2.05) is 6.08 Å². The van der Waals surface area contributed by atoms with Crippen LogP contribution in [0.15, 0.2) is 24.3 Å². The van der Waals surface area contributed by atoms with Gasteiger partial charge in [-0.25, -0.2) is 0 Å². The van der Waals surface area contributed by atoms with Crippen molar-refractivity contribution in [1.82, 2.24) is 5.32 Å². The van der Waals surface area contributed by atoms with E-state index in [2.05, 4.69) is 31.3 Å². The number of hydrogen-bond donors (Lipinski definition) is 9. The van der Waals surface area contributed by atoms with Gasteiger partial charge in [0.1, 0.15) is 48.8 Å². The first-order valence-electron chi connectivity index (χ1n) is 32.1. The predicted octanol–water partition coefficient (Wildman–Crippen LogP) is 11.6. The van der Waals surface area contributed by atoms with Crippen LogP contribution in [0.25, 0.3) is 0 Å². The lowest BCUT2D eigenvalue weighted by molar-refractivity contribution is -0.359. The summed E-state index contributed by atoms with van der Waals surface area (Å²) in [4.78, 5) is 13.2. The lowest BCUT2D eigenvalue weighted by Crippen LogP contribution is -2.65. The molecule has 2 fully saturated rings. The normalized spacial score (nSPS) is 24.8. The monoisotopic (exact) mass is 1100 g/mol. The number of nitrogens with one attached hydrogen (secondary N) is 1. The quantitative estimate of drug-likeness (QED) is 0.0204. The summed E-state index contributed by atoms with van der Waals surface area (Å²) in [5.74, 6) is -0.245. The van der Waals surface area contributed by atoms with Crippen molar-refractivity contribution in [3.8, 4) is 0 Å². The maximum absolute atomic E-state index is 13.2. The van der Waals surface area contributed by atoms with E-state index < -0.39 is 86.8 Å². The van der Waals surface area contributed by atoms with Crippen LogP contribution in [0.3, 0.4) is 0 Å². The zero-order chi connectivity index (χ0) is 56.0. The number of hydrogen-bond acceptors (Lipinski definition) is 13. The zero-order valence-electron chi connectivity index (χ0n) is 49.0. The Balaban J connectivity index is 1.72. The average Bonchev–Trinajstić information content (AvgIpc) is 3.45. The summed E-state index contributed by atoms with van der Waals surface area (Å²) in [6, 6.07) is -0.928. The summed E-state index contributed by atoms with van der Waals surface area (Å²) in [6.45, 7) is 2.81. The molecule has 14 nitrogen and oxygen atoms in total. The smallest absolute Gasteiger partial charge is 0.220 e. The van der Waals surface area contributed by atoms with E-state index in [4.69, 9.17) is 18.9 Å². The lowest BCUT2D eigenvalue weighted by atomic mass is 9.97. The van der Waals surface area contributed by atoms with Crippen LogP contribution in [0.1, 0.15) is 277 Å². The van der Waals surface area contributed by atoms with Crippen LogP contribution in [0.4, 0.5) is 0 Å². The molecule has 454 valence electrons. The van der Waals surface area contributed by atoms with Crippen molar-refractivity contribution in [3.05, 3.63) is 24.3 Å². The number of amides is 1. The Kier molecular flexibility index (Phi) is 45.7. The molecular formula is C63H119NO13. The molecule has 0 aromatic rings. The highest BCUT2D eigenvalue weighted by molar-refractivity contribution is 5.76. The molecule has 0 saturated carbocycles. The first-order valence-corrected chi connectivity index (χ1v) is 32.1. The van der Waals surface area contributed by atoms with Gasteiger partial charge in [0.25, 0.3) is 0 Å². The molecule has 2 saturated heterocycles. The van der Waals surface area contributed by atoms with Crippen LogP contribution < -0.4 is 5.32 Å². The highest BCUT2D eigenvalue weighted by Crippen LogP contribution is 2.30. The first-order chi connectivity index (χ1) is 37.6. The zero-order valence-corrected chi connectivity index (χ0v) is 49.0. The maximum atomic E-state index is 13.2. The number of carbonyl (C=O) groups excluding carboxylic acids is 1. The van der Waals surface area contributed by atoms with Crippen molar-refractivity contribution >= 4 is 5.91 Å². The highest BCUT2D eigenvalue weighted by Gasteiger charge is 2.51. The second-order valence-corrected chi connectivity index (χ2v) is 22.9. The van der Waals surface area contributed by atoms with E-state index >= 15 is 0 Å². The average molecular weight is 1100 g/mol. The Morgan fingerprint density at radius 2 is 0.831 bits per heavy atom. The Hall–Kier alpha value is -1.53. The number of unbranched alkanes of at least 4 members (excludes halogenated alkanes) is 37. The Morgan fingerprint density at radius 3 is 1.27 bits per heavy atom. The van der Waals surface area contributed by atoms with Gasteiger partial charge < -0.3 is 65.1 Å². The molecule has 0 spiro atoms. The van der Waals surface area contributed by atoms with E-state index in [1.54, 1.807) is 6.08 Å². The molecule has 2 heterocycles. The van der Waals surface area contributed by atoms with Crippen LogP contribution in [0.5, 0.6) is 0 Å². The summed E-state index contributed by atoms with van der Waals surface area (Å²) in [5.41, 5.74) is 0. The molecule has 12 atom stereocenters. The van der Waals surface area contributed by atoms with Crippen LogP contribution in [0.2, 0.25) is 0 Å². The summed E-state index contributed by atoms with van der Waals surface area (Å²) in [5, 5.41) is 87.1. The number of rotatable bonds is 52. The predicted molar refractivity (Wildman–Crippen MR) is 309 cm³/mol. The summed E-state index contributed by atoms with van der Waals surface area (Å²) in [7, 11) is 0. The molecule has 1 amide bonds. The van der Waals surface area contributed by atoms with Crippen LogP contribution in [0, 0.1) is 0 Å². The van der Waals surface area contributed by atoms with Crippen molar-refractivity contribution in [3.63, 3.8) is 0 Å². The molecule has 0 aliphatic carbocycles. The summed E-state index contributed by atoms with van der Waals surface area (Å²) in [6.07, 6.45) is 42.4. The van der Waals surface area contributed by atoms with Gasteiger partial charge in [-0.3, -0.25) is 4.79 Å². The van der Waals surface area contributed by atoms with Gasteiger partial charge in [-0.2, -0.15) is 0 Å². The fraction of sp³-hybridized carbons (Fsp3) is 0.921. The van der Waals surface area contributed by atoms with Crippen LogP contribution in [-0.2, 0) is 23.7 Å². The van der Waals surface area contributed by atoms with Crippen molar-refractivity contribution in [1.29, 1.82) is 0 Å². The molecule has 77 heavy (non-hydrogen) atoms. The lowest BCUT2D eigenvalue weighted by Gasteiger charge is -2.46. The van der Waals surface area contributed by atoms with Gasteiger partial charge in [0.05, 0.1) is 32.0 Å². The number of aliphatic hydroxyl groups excluding tert-OH is 8. The second-order valence-electron chi connectivity index (χ2n) is 22.9. The number of aliphatic hydroxyl groups is 8. The van der Waals surface area contributed by atoms with Gasteiger partial charge in [0.2, 0.25) is 5.91 Å². The van der Waals surface area contributed by atoms with Crippen molar-refractivity contribution < 1.29 is 64.6 Å². The standard InChI is InChI=1S/C63H119NO13/c1-3-5-7-9-11-13-15-17-19-20-21-22-23-24-25-26-27-28-29-30-31-33-34-36-38-40-42-44-46-52(67)51(64-55(68)47-45-43-41-39-37-35-32-18-16-14-12-10-8-6-4-2)50-74-62-60(73)58(71)61(54(49-66)76-62)77-63-59(72)57(70)56(69)53(48-65)75-63/h36,38,44,46,51-54,56-63,65-67,69-73H,3-35,37,39-43,45,47-50H2,1-2H3,(H,64,68)/b38-36+,46-44+. The molecule has 0 bridgehead atoms. The van der Waals surface area contributed by atoms with E-state index in [-0.39, 0.29) is 18.9 Å². The third-order valence-electron chi connectivity index (χ3n) is 15.9. The van der Waals surface area contributed by atoms with Gasteiger partial charge in [-0.1, -0.05) is 263 Å². The Labute approximate surface area is 468 Å². The third-order valence-corrected chi connectivity index (χ3v) is 15.9. The highest BCUT2D eigenvalue weighted by atomic mass is 16.7. The topological polar surface area (TPSA) is 228 Å². The molecule has 2 aliphatic rings. The first kappa shape index (κ1) is 71.6.